The second kappa shape index (κ2) is 8.79. The van der Waals surface area contributed by atoms with Gasteiger partial charge in [-0.3, -0.25) is 9.59 Å². The van der Waals surface area contributed by atoms with E-state index in [9.17, 15) is 9.59 Å². The summed E-state index contributed by atoms with van der Waals surface area (Å²) in [6.45, 7) is 4.42. The van der Waals surface area contributed by atoms with E-state index in [0.717, 1.165) is 45.4 Å². The number of ether oxygens (including phenoxy) is 1. The molecule has 2 heterocycles. The summed E-state index contributed by atoms with van der Waals surface area (Å²) in [6, 6.07) is 17.5. The van der Waals surface area contributed by atoms with Crippen molar-refractivity contribution in [3.05, 3.63) is 94.3 Å². The number of hydrogen-bond acceptors (Lipinski definition) is 4. The Balaban J connectivity index is 1.18. The Bertz CT molecular complexity index is 1390. The molecule has 2 aliphatic carbocycles. The van der Waals surface area contributed by atoms with Crippen molar-refractivity contribution in [1.82, 2.24) is 9.58 Å². The summed E-state index contributed by atoms with van der Waals surface area (Å²) in [5, 5.41) is 6.14. The Kier molecular flexibility index (Phi) is 5.56. The lowest BCUT2D eigenvalue weighted by molar-refractivity contribution is -0.140. The highest BCUT2D eigenvalue weighted by molar-refractivity contribution is 6.31. The number of aromatic nitrogens is 1. The first-order valence-electron chi connectivity index (χ1n) is 12.2. The third kappa shape index (κ3) is 3.68. The van der Waals surface area contributed by atoms with Crippen LogP contribution in [0.25, 0.3) is 5.69 Å². The molecule has 3 aromatic rings. The molecule has 182 valence electrons. The molecule has 6 rings (SSSR count). The molecular weight excluding hydrogens is 474 g/mol. The minimum Gasteiger partial charge on any atom is -0.489 e. The molecule has 1 saturated carbocycles. The summed E-state index contributed by atoms with van der Waals surface area (Å²) in [5.41, 5.74) is 4.79. The number of benzene rings is 2. The van der Waals surface area contributed by atoms with Crippen LogP contribution < -0.4 is 4.74 Å². The molecule has 6 nitrogen and oxygen atoms in total. The summed E-state index contributed by atoms with van der Waals surface area (Å²) >= 11 is 6.22. The van der Waals surface area contributed by atoms with E-state index < -0.39 is 0 Å². The van der Waals surface area contributed by atoms with Crippen molar-refractivity contribution in [3.63, 3.8) is 0 Å². The fraction of sp³-hybridized carbons (Fsp3) is 0.276. The van der Waals surface area contributed by atoms with Gasteiger partial charge in [0.05, 0.1) is 18.1 Å². The van der Waals surface area contributed by atoms with Gasteiger partial charge >= 0.3 is 0 Å². The van der Waals surface area contributed by atoms with Gasteiger partial charge in [-0.2, -0.15) is 10.1 Å². The molecule has 1 aliphatic heterocycles. The fourth-order valence-electron chi connectivity index (χ4n) is 5.90. The number of carbonyl (C=O) groups excluding carboxylic acids is 2. The van der Waals surface area contributed by atoms with Gasteiger partial charge in [-0.1, -0.05) is 42.0 Å². The molecular formula is C29H26ClN3O3. The van der Waals surface area contributed by atoms with Gasteiger partial charge in [0.25, 0.3) is 11.8 Å². The third-order valence-corrected chi connectivity index (χ3v) is 8.05. The van der Waals surface area contributed by atoms with Crippen LogP contribution >= 0.6 is 11.6 Å². The third-order valence-electron chi connectivity index (χ3n) is 7.68. The summed E-state index contributed by atoms with van der Waals surface area (Å²) in [4.78, 5) is 25.8. The maximum atomic E-state index is 12.9. The minimum absolute atomic E-state index is 0.167. The van der Waals surface area contributed by atoms with Crippen LogP contribution in [0.4, 0.5) is 0 Å². The number of amides is 2. The largest absolute Gasteiger partial charge is 0.489 e. The molecule has 2 bridgehead atoms. The van der Waals surface area contributed by atoms with Crippen molar-refractivity contribution in [2.75, 3.05) is 0 Å². The van der Waals surface area contributed by atoms with Gasteiger partial charge in [0.2, 0.25) is 0 Å². The Morgan fingerprint density at radius 2 is 1.67 bits per heavy atom. The van der Waals surface area contributed by atoms with Gasteiger partial charge in [-0.15, -0.1) is 0 Å². The predicted molar refractivity (Wildman–Crippen MR) is 138 cm³/mol. The van der Waals surface area contributed by atoms with Crippen LogP contribution in [0.2, 0.25) is 5.02 Å². The number of hydrogen-bond donors (Lipinski definition) is 0. The van der Waals surface area contributed by atoms with Crippen LogP contribution in [0, 0.1) is 37.5 Å². The van der Waals surface area contributed by atoms with E-state index in [-0.39, 0.29) is 35.5 Å². The molecule has 7 heteroatoms. The highest BCUT2D eigenvalue weighted by Crippen LogP contribution is 2.52. The molecule has 0 spiro atoms. The second-order valence-electron chi connectivity index (χ2n) is 9.77. The SMILES string of the molecule is Cc1cc(C=NN2C(=O)C3C4C=CC(C4)C3C2=O)c(C)n1-c1ccc(OCc2ccccc2Cl)cc1. The van der Waals surface area contributed by atoms with E-state index in [2.05, 4.69) is 21.8 Å². The number of imide groups is 1. The molecule has 4 unspecified atom stereocenters. The van der Waals surface area contributed by atoms with E-state index in [4.69, 9.17) is 16.3 Å². The maximum Gasteiger partial charge on any atom is 0.254 e. The van der Waals surface area contributed by atoms with E-state index in [1.54, 1.807) is 6.21 Å². The zero-order valence-corrected chi connectivity index (χ0v) is 20.9. The molecule has 0 radical (unpaired) electrons. The van der Waals surface area contributed by atoms with Crippen LogP contribution in [0.15, 0.2) is 71.9 Å². The van der Waals surface area contributed by atoms with Gasteiger partial charge in [-0.05, 0) is 68.5 Å². The number of carbonyl (C=O) groups is 2. The molecule has 36 heavy (non-hydrogen) atoms. The quantitative estimate of drug-likeness (QED) is 0.257. The predicted octanol–water partition coefficient (Wildman–Crippen LogP) is 5.47. The van der Waals surface area contributed by atoms with E-state index in [1.165, 1.54) is 0 Å². The van der Waals surface area contributed by atoms with Crippen molar-refractivity contribution < 1.29 is 14.3 Å². The number of rotatable bonds is 6. The highest BCUT2D eigenvalue weighted by atomic mass is 35.5. The fourth-order valence-corrected chi connectivity index (χ4v) is 6.09. The Morgan fingerprint density at radius 1 is 1.00 bits per heavy atom. The second-order valence-corrected chi connectivity index (χ2v) is 10.2. The molecule has 4 atom stereocenters. The summed E-state index contributed by atoms with van der Waals surface area (Å²) in [5.74, 6) is 0.296. The van der Waals surface area contributed by atoms with Crippen molar-refractivity contribution in [2.24, 2.45) is 28.8 Å². The number of nitrogens with zero attached hydrogens (tertiary/aromatic N) is 3. The Morgan fingerprint density at radius 3 is 2.33 bits per heavy atom. The lowest BCUT2D eigenvalue weighted by Crippen LogP contribution is -2.28. The first-order valence-corrected chi connectivity index (χ1v) is 12.6. The lowest BCUT2D eigenvalue weighted by Gasteiger charge is -2.13. The standard InChI is InChI=1S/C29H26ClN3O3/c1-17-13-22(15-31-33-28(34)26-19-7-8-20(14-19)27(26)29(33)35)18(2)32(17)23-9-11-24(12-10-23)36-16-21-5-3-4-6-25(21)30/h3-13,15,19-20,26-27H,14,16H2,1-2H3. The molecule has 1 saturated heterocycles. The summed E-state index contributed by atoms with van der Waals surface area (Å²) in [6.07, 6.45) is 6.72. The number of halogens is 1. The first kappa shape index (κ1) is 22.8. The van der Waals surface area contributed by atoms with Gasteiger partial charge < -0.3 is 9.30 Å². The molecule has 1 aromatic heterocycles. The normalized spacial score (nSPS) is 24.4. The van der Waals surface area contributed by atoms with Crippen molar-refractivity contribution >= 4 is 29.6 Å². The van der Waals surface area contributed by atoms with Crippen LogP contribution in [0.1, 0.15) is 28.9 Å². The highest BCUT2D eigenvalue weighted by Gasteiger charge is 2.59. The zero-order valence-electron chi connectivity index (χ0n) is 20.1. The summed E-state index contributed by atoms with van der Waals surface area (Å²) in [7, 11) is 0. The average molecular weight is 500 g/mol. The average Bonchev–Trinajstić information content (AvgIpc) is 3.62. The number of fused-ring (bicyclic) bond motifs is 5. The van der Waals surface area contributed by atoms with Gasteiger partial charge in [-0.25, -0.2) is 0 Å². The lowest BCUT2D eigenvalue weighted by atomic mass is 9.85. The van der Waals surface area contributed by atoms with Crippen LogP contribution in [0.5, 0.6) is 5.75 Å². The molecule has 0 N–H and O–H groups in total. The van der Waals surface area contributed by atoms with Gasteiger partial charge in [0.15, 0.2) is 0 Å². The van der Waals surface area contributed by atoms with Crippen LogP contribution in [0.3, 0.4) is 0 Å². The minimum atomic E-state index is -0.240. The number of allylic oxidation sites excluding steroid dienone is 2. The molecule has 2 fully saturated rings. The molecule has 2 aromatic carbocycles. The van der Waals surface area contributed by atoms with E-state index in [1.807, 2.05) is 68.4 Å². The molecule has 2 amide bonds. The first-order chi connectivity index (χ1) is 17.4. The van der Waals surface area contributed by atoms with Gasteiger partial charge in [0.1, 0.15) is 12.4 Å². The Hall–Kier alpha value is -3.64. The Labute approximate surface area is 214 Å². The van der Waals surface area contributed by atoms with E-state index in [0.29, 0.717) is 11.6 Å². The van der Waals surface area contributed by atoms with Crippen molar-refractivity contribution in [2.45, 2.75) is 26.9 Å². The van der Waals surface area contributed by atoms with Gasteiger partial charge in [0, 0.05) is 33.2 Å². The van der Waals surface area contributed by atoms with Crippen molar-refractivity contribution in [3.8, 4) is 11.4 Å². The van der Waals surface area contributed by atoms with Crippen molar-refractivity contribution in [1.29, 1.82) is 0 Å². The smallest absolute Gasteiger partial charge is 0.254 e. The van der Waals surface area contributed by atoms with Crippen LogP contribution in [-0.2, 0) is 16.2 Å². The monoisotopic (exact) mass is 499 g/mol. The number of aryl methyl sites for hydroxylation is 1. The topological polar surface area (TPSA) is 63.9 Å². The molecule has 3 aliphatic rings. The van der Waals surface area contributed by atoms with E-state index >= 15 is 0 Å². The zero-order chi connectivity index (χ0) is 25.0. The van der Waals surface area contributed by atoms with Crippen LogP contribution in [-0.4, -0.2) is 27.6 Å². The summed E-state index contributed by atoms with van der Waals surface area (Å²) < 4.78 is 8.02. The maximum absolute atomic E-state index is 12.9. The number of hydrazone groups is 1.